The van der Waals surface area contributed by atoms with Crippen molar-refractivity contribution in [2.24, 2.45) is 5.92 Å². The molecule has 0 aliphatic rings. The van der Waals surface area contributed by atoms with Crippen molar-refractivity contribution < 1.29 is 32.2 Å². The standard InChI is InChI=1S/C33H42F3N3O4/c1-6-24(20-37-25-12-14-26(15-13-25)43-21-23-10-8-7-9-11-23)38-32(40)29(18-22(2)3)39-31(33(34,35)36)28-17-16-27(41-4)19-30(28)42-5/h7-17,19,22,24,29,31,37,39H,6,18,20-21H2,1-5H3,(H,38,40)/t24-,29-,31-/m0/s1. The predicted octanol–water partition coefficient (Wildman–Crippen LogP) is 6.90. The number of carbonyl (C=O) groups excluding carboxylic acids is 1. The molecule has 0 saturated heterocycles. The molecule has 0 aromatic heterocycles. The summed E-state index contributed by atoms with van der Waals surface area (Å²) in [5, 5.41) is 8.83. The van der Waals surface area contributed by atoms with E-state index in [1.165, 1.54) is 32.4 Å². The lowest BCUT2D eigenvalue weighted by Gasteiger charge is -2.30. The Hall–Kier alpha value is -3.92. The van der Waals surface area contributed by atoms with Crippen LogP contribution < -0.4 is 30.2 Å². The number of amides is 1. The average molecular weight is 602 g/mol. The normalized spacial score (nSPS) is 13.6. The fourth-order valence-corrected chi connectivity index (χ4v) is 4.59. The van der Waals surface area contributed by atoms with Crippen molar-refractivity contribution in [2.45, 2.75) is 64.5 Å². The summed E-state index contributed by atoms with van der Waals surface area (Å²) in [4.78, 5) is 13.4. The summed E-state index contributed by atoms with van der Waals surface area (Å²) in [7, 11) is 2.72. The number of rotatable bonds is 16. The molecule has 1 amide bonds. The first-order valence-corrected chi connectivity index (χ1v) is 14.4. The van der Waals surface area contributed by atoms with Crippen molar-refractivity contribution in [3.63, 3.8) is 0 Å². The fourth-order valence-electron chi connectivity index (χ4n) is 4.59. The number of methoxy groups -OCH3 is 2. The number of halogens is 3. The van der Waals surface area contributed by atoms with Crippen molar-refractivity contribution >= 4 is 11.6 Å². The van der Waals surface area contributed by atoms with Crippen molar-refractivity contribution in [1.82, 2.24) is 10.6 Å². The Morgan fingerprint density at radius 2 is 1.58 bits per heavy atom. The van der Waals surface area contributed by atoms with Crippen LogP contribution in [-0.2, 0) is 11.4 Å². The van der Waals surface area contributed by atoms with E-state index in [0.717, 1.165) is 17.0 Å². The molecule has 3 atom stereocenters. The summed E-state index contributed by atoms with van der Waals surface area (Å²) in [6, 6.07) is 18.0. The first kappa shape index (κ1) is 33.6. The SMILES string of the molecule is CC[C@@H](CNc1ccc(OCc2ccccc2)cc1)NC(=O)[C@H](CC(C)C)N[C@@H](c1ccc(OC)cc1OC)C(F)(F)F. The van der Waals surface area contributed by atoms with Gasteiger partial charge in [0.25, 0.3) is 0 Å². The van der Waals surface area contributed by atoms with E-state index >= 15 is 0 Å². The largest absolute Gasteiger partial charge is 0.497 e. The molecule has 0 spiro atoms. The number of ether oxygens (including phenoxy) is 3. The number of nitrogens with one attached hydrogen (secondary N) is 3. The second-order valence-electron chi connectivity index (χ2n) is 10.7. The van der Waals surface area contributed by atoms with Gasteiger partial charge in [0.05, 0.1) is 20.3 Å². The van der Waals surface area contributed by atoms with Crippen LogP contribution in [0.5, 0.6) is 17.2 Å². The minimum atomic E-state index is -4.68. The lowest BCUT2D eigenvalue weighted by atomic mass is 9.98. The van der Waals surface area contributed by atoms with Crippen molar-refractivity contribution in [2.75, 3.05) is 26.1 Å². The first-order chi connectivity index (χ1) is 20.5. The van der Waals surface area contributed by atoms with Gasteiger partial charge in [-0.1, -0.05) is 51.1 Å². The van der Waals surface area contributed by atoms with Crippen LogP contribution in [0.3, 0.4) is 0 Å². The molecule has 3 N–H and O–H groups in total. The summed E-state index contributed by atoms with van der Waals surface area (Å²) >= 11 is 0. The molecule has 3 aromatic carbocycles. The summed E-state index contributed by atoms with van der Waals surface area (Å²) in [5.74, 6) is 0.588. The fraction of sp³-hybridized carbons (Fsp3) is 0.424. The molecule has 3 rings (SSSR count). The van der Waals surface area contributed by atoms with Gasteiger partial charge in [0, 0.05) is 29.9 Å². The Morgan fingerprint density at radius 1 is 0.907 bits per heavy atom. The Labute approximate surface area is 252 Å². The van der Waals surface area contributed by atoms with Crippen LogP contribution in [0.4, 0.5) is 18.9 Å². The van der Waals surface area contributed by atoms with Crippen LogP contribution in [0, 0.1) is 5.92 Å². The third-order valence-corrected chi connectivity index (χ3v) is 6.96. The van der Waals surface area contributed by atoms with Crippen LogP contribution in [0.1, 0.15) is 50.8 Å². The van der Waals surface area contributed by atoms with E-state index in [9.17, 15) is 18.0 Å². The van der Waals surface area contributed by atoms with Gasteiger partial charge in [0.15, 0.2) is 0 Å². The highest BCUT2D eigenvalue weighted by molar-refractivity contribution is 5.82. The number of alkyl halides is 3. The number of benzene rings is 3. The third kappa shape index (κ3) is 10.4. The van der Waals surface area contributed by atoms with Gasteiger partial charge in [-0.3, -0.25) is 10.1 Å². The van der Waals surface area contributed by atoms with E-state index in [-0.39, 0.29) is 29.7 Å². The van der Waals surface area contributed by atoms with E-state index in [2.05, 4.69) is 16.0 Å². The summed E-state index contributed by atoms with van der Waals surface area (Å²) in [6.07, 6.45) is -3.88. The predicted molar refractivity (Wildman–Crippen MR) is 163 cm³/mol. The molecule has 7 nitrogen and oxygen atoms in total. The molecule has 0 bridgehead atoms. The zero-order valence-corrected chi connectivity index (χ0v) is 25.3. The lowest BCUT2D eigenvalue weighted by Crippen LogP contribution is -2.52. The Balaban J connectivity index is 1.65. The molecule has 0 fully saturated rings. The van der Waals surface area contributed by atoms with E-state index < -0.39 is 24.2 Å². The smallest absolute Gasteiger partial charge is 0.408 e. The van der Waals surface area contributed by atoms with Crippen molar-refractivity contribution in [1.29, 1.82) is 0 Å². The minimum absolute atomic E-state index is 0.0185. The number of carbonyl (C=O) groups is 1. The van der Waals surface area contributed by atoms with Crippen LogP contribution in [0.25, 0.3) is 0 Å². The van der Waals surface area contributed by atoms with Gasteiger partial charge in [-0.2, -0.15) is 13.2 Å². The zero-order chi connectivity index (χ0) is 31.4. The summed E-state index contributed by atoms with van der Waals surface area (Å²) < 4.78 is 59.3. The van der Waals surface area contributed by atoms with Crippen molar-refractivity contribution in [3.8, 4) is 17.2 Å². The maximum atomic E-state index is 14.4. The van der Waals surface area contributed by atoms with Gasteiger partial charge in [0.2, 0.25) is 5.91 Å². The number of anilines is 1. The highest BCUT2D eigenvalue weighted by Gasteiger charge is 2.44. The Bertz CT molecular complexity index is 1270. The average Bonchev–Trinajstić information content (AvgIpc) is 3.00. The number of hydrogen-bond acceptors (Lipinski definition) is 6. The molecule has 3 aromatic rings. The van der Waals surface area contributed by atoms with Crippen LogP contribution in [0.15, 0.2) is 72.8 Å². The zero-order valence-electron chi connectivity index (χ0n) is 25.3. The summed E-state index contributed by atoms with van der Waals surface area (Å²) in [5.41, 5.74) is 1.78. The summed E-state index contributed by atoms with van der Waals surface area (Å²) in [6.45, 7) is 6.51. The maximum Gasteiger partial charge on any atom is 0.408 e. The lowest BCUT2D eigenvalue weighted by molar-refractivity contribution is -0.161. The molecule has 10 heteroatoms. The molecule has 0 unspecified atom stereocenters. The molecular weight excluding hydrogens is 559 g/mol. The molecule has 0 saturated carbocycles. The van der Waals surface area contributed by atoms with E-state index in [1.807, 2.05) is 75.4 Å². The van der Waals surface area contributed by atoms with Crippen LogP contribution in [0.2, 0.25) is 0 Å². The molecule has 234 valence electrons. The van der Waals surface area contributed by atoms with Crippen molar-refractivity contribution in [3.05, 3.63) is 83.9 Å². The van der Waals surface area contributed by atoms with Gasteiger partial charge in [-0.25, -0.2) is 0 Å². The van der Waals surface area contributed by atoms with Gasteiger partial charge < -0.3 is 24.8 Å². The molecular formula is C33H42F3N3O4. The van der Waals surface area contributed by atoms with Gasteiger partial charge in [-0.15, -0.1) is 0 Å². The topological polar surface area (TPSA) is 80.9 Å². The molecule has 43 heavy (non-hydrogen) atoms. The number of hydrogen-bond donors (Lipinski definition) is 3. The first-order valence-electron chi connectivity index (χ1n) is 14.4. The van der Waals surface area contributed by atoms with Gasteiger partial charge in [-0.05, 0) is 60.7 Å². The Kier molecular flexibility index (Phi) is 12.5. The van der Waals surface area contributed by atoms with Crippen LogP contribution in [-0.4, -0.2) is 44.9 Å². The quantitative estimate of drug-likeness (QED) is 0.166. The van der Waals surface area contributed by atoms with E-state index in [4.69, 9.17) is 14.2 Å². The highest BCUT2D eigenvalue weighted by atomic mass is 19.4. The Morgan fingerprint density at radius 3 is 2.16 bits per heavy atom. The highest BCUT2D eigenvalue weighted by Crippen LogP contribution is 2.39. The molecule has 0 heterocycles. The second-order valence-corrected chi connectivity index (χ2v) is 10.7. The van der Waals surface area contributed by atoms with Gasteiger partial charge in [0.1, 0.15) is 29.9 Å². The molecule has 0 radical (unpaired) electrons. The molecule has 0 aliphatic carbocycles. The van der Waals surface area contributed by atoms with Gasteiger partial charge >= 0.3 is 6.18 Å². The minimum Gasteiger partial charge on any atom is -0.497 e. The van der Waals surface area contributed by atoms with E-state index in [0.29, 0.717) is 25.3 Å². The second kappa shape index (κ2) is 16.1. The third-order valence-electron chi connectivity index (χ3n) is 6.96. The van der Waals surface area contributed by atoms with Crippen LogP contribution >= 0.6 is 0 Å². The maximum absolute atomic E-state index is 14.4. The monoisotopic (exact) mass is 601 g/mol. The van der Waals surface area contributed by atoms with E-state index in [1.54, 1.807) is 0 Å². The molecule has 0 aliphatic heterocycles.